The second-order valence-corrected chi connectivity index (χ2v) is 5.58. The highest BCUT2D eigenvalue weighted by Crippen LogP contribution is 2.37. The summed E-state index contributed by atoms with van der Waals surface area (Å²) in [5.74, 6) is 1.69. The highest BCUT2D eigenvalue weighted by atomic mass is 16.6. The van der Waals surface area contributed by atoms with Crippen molar-refractivity contribution in [2.45, 2.75) is 44.6 Å². The molecule has 2 aliphatic rings. The average molecular weight is 261 g/mol. The molecule has 1 aromatic rings. The van der Waals surface area contributed by atoms with Gasteiger partial charge in [0.1, 0.15) is 12.0 Å². The number of nitro groups is 1. The quantitative estimate of drug-likeness (QED) is 0.619. The summed E-state index contributed by atoms with van der Waals surface area (Å²) in [7, 11) is 0. The lowest BCUT2D eigenvalue weighted by Crippen LogP contribution is -2.35. The maximum absolute atomic E-state index is 10.7. The van der Waals surface area contributed by atoms with Crippen LogP contribution in [0.1, 0.15) is 38.5 Å². The smallest absolute Gasteiger partial charge is 0.287 e. The molecule has 2 fully saturated rings. The lowest BCUT2D eigenvalue weighted by molar-refractivity contribution is -0.385. The maximum Gasteiger partial charge on any atom is 0.287 e. The summed E-state index contributed by atoms with van der Waals surface area (Å²) in [5, 5.41) is 10.7. The van der Waals surface area contributed by atoms with Gasteiger partial charge in [0.25, 0.3) is 5.69 Å². The van der Waals surface area contributed by atoms with Crippen LogP contribution in [0.15, 0.2) is 18.3 Å². The standard InChI is InChI=1S/C14H19N3O2/c18-17(19)12-7-8-14(15-10-12)16-9-3-6-13(16)11-4-1-2-5-11/h7-8,10-11,13H,1-6,9H2/t13-/m0/s1. The fourth-order valence-corrected chi connectivity index (χ4v) is 3.57. The van der Waals surface area contributed by atoms with Crippen molar-refractivity contribution in [3.05, 3.63) is 28.4 Å². The fraction of sp³-hybridized carbons (Fsp3) is 0.643. The van der Waals surface area contributed by atoms with Gasteiger partial charge in [-0.2, -0.15) is 0 Å². The highest BCUT2D eigenvalue weighted by molar-refractivity contribution is 5.45. The van der Waals surface area contributed by atoms with Gasteiger partial charge in [-0.3, -0.25) is 10.1 Å². The summed E-state index contributed by atoms with van der Waals surface area (Å²) in [5.41, 5.74) is 0.0698. The highest BCUT2D eigenvalue weighted by Gasteiger charge is 2.33. The van der Waals surface area contributed by atoms with E-state index in [9.17, 15) is 10.1 Å². The van der Waals surface area contributed by atoms with Crippen molar-refractivity contribution in [2.24, 2.45) is 5.92 Å². The zero-order valence-corrected chi connectivity index (χ0v) is 11.0. The minimum atomic E-state index is -0.394. The molecule has 0 N–H and O–H groups in total. The zero-order chi connectivity index (χ0) is 13.2. The van der Waals surface area contributed by atoms with Crippen LogP contribution in [0.25, 0.3) is 0 Å². The Balaban J connectivity index is 1.78. The van der Waals surface area contributed by atoms with Crippen molar-refractivity contribution in [1.82, 2.24) is 4.98 Å². The second kappa shape index (κ2) is 5.15. The predicted octanol–water partition coefficient (Wildman–Crippen LogP) is 3.15. The van der Waals surface area contributed by atoms with Gasteiger partial charge in [-0.05, 0) is 37.7 Å². The largest absolute Gasteiger partial charge is 0.353 e. The van der Waals surface area contributed by atoms with E-state index in [1.165, 1.54) is 44.7 Å². The van der Waals surface area contributed by atoms with Crippen LogP contribution in [-0.4, -0.2) is 22.5 Å². The molecular weight excluding hydrogens is 242 g/mol. The minimum absolute atomic E-state index is 0.0698. The van der Waals surface area contributed by atoms with E-state index >= 15 is 0 Å². The Morgan fingerprint density at radius 2 is 2.00 bits per heavy atom. The molecular formula is C14H19N3O2. The summed E-state index contributed by atoms with van der Waals surface area (Å²) in [6, 6.07) is 3.95. The average Bonchev–Trinajstić information content (AvgIpc) is 3.09. The second-order valence-electron chi connectivity index (χ2n) is 5.58. The molecule has 0 amide bonds. The summed E-state index contributed by atoms with van der Waals surface area (Å²) < 4.78 is 0. The Bertz CT molecular complexity index is 454. The summed E-state index contributed by atoms with van der Waals surface area (Å²) >= 11 is 0. The summed E-state index contributed by atoms with van der Waals surface area (Å²) in [6.07, 6.45) is 9.18. The molecule has 0 spiro atoms. The number of hydrogen-bond donors (Lipinski definition) is 0. The Kier molecular flexibility index (Phi) is 3.36. The summed E-state index contributed by atoms with van der Waals surface area (Å²) in [4.78, 5) is 16.9. The first-order valence-corrected chi connectivity index (χ1v) is 7.13. The Morgan fingerprint density at radius 3 is 2.63 bits per heavy atom. The number of nitrogens with zero attached hydrogens (tertiary/aromatic N) is 3. The van der Waals surface area contributed by atoms with E-state index < -0.39 is 4.92 Å². The normalized spacial score (nSPS) is 24.0. The van der Waals surface area contributed by atoms with E-state index in [4.69, 9.17) is 0 Å². The Hall–Kier alpha value is -1.65. The molecule has 0 aromatic carbocycles. The molecule has 1 aromatic heterocycles. The third kappa shape index (κ3) is 2.41. The van der Waals surface area contributed by atoms with Crippen LogP contribution in [-0.2, 0) is 0 Å². The molecule has 1 saturated heterocycles. The monoisotopic (exact) mass is 261 g/mol. The number of pyridine rings is 1. The van der Waals surface area contributed by atoms with E-state index in [2.05, 4.69) is 9.88 Å². The van der Waals surface area contributed by atoms with E-state index in [1.54, 1.807) is 12.1 Å². The van der Waals surface area contributed by atoms with Crippen molar-refractivity contribution in [2.75, 3.05) is 11.4 Å². The fourth-order valence-electron chi connectivity index (χ4n) is 3.57. The molecule has 19 heavy (non-hydrogen) atoms. The molecule has 3 rings (SSSR count). The van der Waals surface area contributed by atoms with Crippen LogP contribution in [0.2, 0.25) is 0 Å². The Labute approximate surface area is 112 Å². The molecule has 102 valence electrons. The van der Waals surface area contributed by atoms with Crippen LogP contribution in [0, 0.1) is 16.0 Å². The van der Waals surface area contributed by atoms with Crippen molar-refractivity contribution < 1.29 is 4.92 Å². The van der Waals surface area contributed by atoms with E-state index in [0.29, 0.717) is 6.04 Å². The minimum Gasteiger partial charge on any atom is -0.353 e. The number of anilines is 1. The van der Waals surface area contributed by atoms with Crippen molar-refractivity contribution in [1.29, 1.82) is 0 Å². The third-order valence-electron chi connectivity index (χ3n) is 4.48. The van der Waals surface area contributed by atoms with E-state index in [0.717, 1.165) is 18.3 Å². The molecule has 0 unspecified atom stereocenters. The van der Waals surface area contributed by atoms with E-state index in [1.807, 2.05) is 0 Å². The van der Waals surface area contributed by atoms with Gasteiger partial charge in [-0.15, -0.1) is 0 Å². The van der Waals surface area contributed by atoms with Gasteiger partial charge < -0.3 is 4.90 Å². The van der Waals surface area contributed by atoms with E-state index in [-0.39, 0.29) is 5.69 Å². The SMILES string of the molecule is O=[N+]([O-])c1ccc(N2CCC[C@H]2C2CCCC2)nc1. The maximum atomic E-state index is 10.7. The van der Waals surface area contributed by atoms with Crippen LogP contribution < -0.4 is 4.90 Å². The lowest BCUT2D eigenvalue weighted by Gasteiger charge is -2.30. The molecule has 0 bridgehead atoms. The Morgan fingerprint density at radius 1 is 1.21 bits per heavy atom. The van der Waals surface area contributed by atoms with Gasteiger partial charge in [0.2, 0.25) is 0 Å². The molecule has 1 aliphatic heterocycles. The molecule has 1 saturated carbocycles. The molecule has 5 heteroatoms. The number of rotatable bonds is 3. The first-order chi connectivity index (χ1) is 9.25. The van der Waals surface area contributed by atoms with Crippen LogP contribution >= 0.6 is 0 Å². The van der Waals surface area contributed by atoms with Gasteiger partial charge in [0.15, 0.2) is 0 Å². The number of hydrogen-bond acceptors (Lipinski definition) is 4. The topological polar surface area (TPSA) is 59.3 Å². The molecule has 5 nitrogen and oxygen atoms in total. The van der Waals surface area contributed by atoms with Gasteiger partial charge in [0, 0.05) is 18.7 Å². The van der Waals surface area contributed by atoms with Gasteiger partial charge in [-0.1, -0.05) is 12.8 Å². The van der Waals surface area contributed by atoms with Crippen LogP contribution in [0.4, 0.5) is 11.5 Å². The molecule has 0 radical (unpaired) electrons. The van der Waals surface area contributed by atoms with Gasteiger partial charge in [0.05, 0.1) is 4.92 Å². The number of aromatic nitrogens is 1. The summed E-state index contributed by atoms with van der Waals surface area (Å²) in [6.45, 7) is 1.03. The first kappa shape index (κ1) is 12.4. The van der Waals surface area contributed by atoms with Crippen molar-refractivity contribution in [3.8, 4) is 0 Å². The van der Waals surface area contributed by atoms with Crippen molar-refractivity contribution in [3.63, 3.8) is 0 Å². The zero-order valence-electron chi connectivity index (χ0n) is 11.0. The van der Waals surface area contributed by atoms with Crippen LogP contribution in [0.5, 0.6) is 0 Å². The van der Waals surface area contributed by atoms with Gasteiger partial charge in [-0.25, -0.2) is 4.98 Å². The predicted molar refractivity (Wildman–Crippen MR) is 73.2 cm³/mol. The third-order valence-corrected chi connectivity index (χ3v) is 4.48. The molecule has 2 heterocycles. The lowest BCUT2D eigenvalue weighted by atomic mass is 9.96. The molecule has 1 atom stereocenters. The van der Waals surface area contributed by atoms with Crippen LogP contribution in [0.3, 0.4) is 0 Å². The van der Waals surface area contributed by atoms with Crippen molar-refractivity contribution >= 4 is 11.5 Å². The first-order valence-electron chi connectivity index (χ1n) is 7.13. The van der Waals surface area contributed by atoms with Gasteiger partial charge >= 0.3 is 0 Å². The molecule has 1 aliphatic carbocycles.